The topological polar surface area (TPSA) is 66.5 Å². The summed E-state index contributed by atoms with van der Waals surface area (Å²) in [6.07, 6.45) is 7.00. The van der Waals surface area contributed by atoms with Gasteiger partial charge in [0.25, 0.3) is 10.0 Å². The van der Waals surface area contributed by atoms with Gasteiger partial charge in [-0.25, -0.2) is 8.42 Å². The number of thiophene rings is 1. The first-order valence-electron chi connectivity index (χ1n) is 10.9. The van der Waals surface area contributed by atoms with Crippen LogP contribution in [-0.2, 0) is 27.7 Å². The van der Waals surface area contributed by atoms with Gasteiger partial charge in [-0.05, 0) is 73.1 Å². The second kappa shape index (κ2) is 9.20. The van der Waals surface area contributed by atoms with Gasteiger partial charge in [0, 0.05) is 13.1 Å². The number of carbonyl (C=O) groups excluding carboxylic acids is 1. The van der Waals surface area contributed by atoms with E-state index in [1.165, 1.54) is 39.6 Å². The van der Waals surface area contributed by atoms with Crippen LogP contribution in [0.3, 0.4) is 0 Å². The highest BCUT2D eigenvalue weighted by Crippen LogP contribution is 2.29. The van der Waals surface area contributed by atoms with Crippen molar-refractivity contribution in [2.24, 2.45) is 5.92 Å². The van der Waals surface area contributed by atoms with Gasteiger partial charge in [0.1, 0.15) is 4.21 Å². The number of nitrogens with one attached hydrogen (secondary N) is 1. The molecule has 0 bridgehead atoms. The molecule has 0 saturated carbocycles. The summed E-state index contributed by atoms with van der Waals surface area (Å²) in [6, 6.07) is 9.97. The number of sulfonamides is 1. The molecule has 7 heteroatoms. The van der Waals surface area contributed by atoms with E-state index in [1.54, 1.807) is 17.5 Å². The van der Waals surface area contributed by atoms with Gasteiger partial charge in [-0.2, -0.15) is 4.31 Å². The Bertz CT molecular complexity index is 986. The molecular formula is C23H30N2O3S2. The second-order valence-electron chi connectivity index (χ2n) is 8.34. The first-order valence-corrected chi connectivity index (χ1v) is 13.3. The summed E-state index contributed by atoms with van der Waals surface area (Å²) in [4.78, 5) is 13.1. The van der Waals surface area contributed by atoms with E-state index in [9.17, 15) is 13.2 Å². The third-order valence-electron chi connectivity index (χ3n) is 6.34. The predicted octanol–water partition coefficient (Wildman–Crippen LogP) is 4.30. The minimum Gasteiger partial charge on any atom is -0.349 e. The molecule has 0 unspecified atom stereocenters. The molecule has 1 aromatic carbocycles. The maximum Gasteiger partial charge on any atom is 0.252 e. The fourth-order valence-corrected chi connectivity index (χ4v) is 7.26. The van der Waals surface area contributed by atoms with Crippen molar-refractivity contribution in [2.75, 3.05) is 13.1 Å². The minimum atomic E-state index is -3.51. The van der Waals surface area contributed by atoms with E-state index >= 15 is 0 Å². The van der Waals surface area contributed by atoms with Crippen LogP contribution in [0, 0.1) is 5.92 Å². The number of benzene rings is 1. The zero-order chi connectivity index (χ0) is 21.1. The first-order chi connectivity index (χ1) is 14.5. The van der Waals surface area contributed by atoms with Gasteiger partial charge >= 0.3 is 0 Å². The summed E-state index contributed by atoms with van der Waals surface area (Å²) in [7, 11) is -3.51. The van der Waals surface area contributed by atoms with Gasteiger partial charge < -0.3 is 5.32 Å². The fraction of sp³-hybridized carbons (Fsp3) is 0.522. The Morgan fingerprint density at radius 3 is 2.73 bits per heavy atom. The quantitative estimate of drug-likeness (QED) is 0.720. The molecule has 2 aliphatic rings. The number of fused-ring (bicyclic) bond motifs is 1. The maximum absolute atomic E-state index is 13.1. The number of amides is 1. The summed E-state index contributed by atoms with van der Waals surface area (Å²) in [5.41, 5.74) is 4.01. The van der Waals surface area contributed by atoms with Crippen molar-refractivity contribution in [3.05, 3.63) is 52.4 Å². The highest BCUT2D eigenvalue weighted by Gasteiger charge is 2.34. The molecule has 2 atom stereocenters. The van der Waals surface area contributed by atoms with Crippen molar-refractivity contribution in [1.82, 2.24) is 9.62 Å². The monoisotopic (exact) mass is 446 g/mol. The largest absolute Gasteiger partial charge is 0.349 e. The van der Waals surface area contributed by atoms with Crippen molar-refractivity contribution in [3.63, 3.8) is 0 Å². The Kier molecular flexibility index (Phi) is 6.60. The molecule has 0 spiro atoms. The van der Waals surface area contributed by atoms with Crippen LogP contribution < -0.4 is 5.32 Å². The summed E-state index contributed by atoms with van der Waals surface area (Å²) in [5.74, 6) is -0.342. The van der Waals surface area contributed by atoms with Crippen molar-refractivity contribution in [1.29, 1.82) is 0 Å². The second-order valence-corrected chi connectivity index (χ2v) is 11.5. The smallest absolute Gasteiger partial charge is 0.252 e. The van der Waals surface area contributed by atoms with Crippen LogP contribution >= 0.6 is 11.3 Å². The van der Waals surface area contributed by atoms with Crippen molar-refractivity contribution < 1.29 is 13.2 Å². The molecule has 4 rings (SSSR count). The molecule has 30 heavy (non-hydrogen) atoms. The van der Waals surface area contributed by atoms with Crippen LogP contribution in [-0.4, -0.2) is 31.7 Å². The van der Waals surface area contributed by atoms with E-state index in [4.69, 9.17) is 0 Å². The molecule has 1 aromatic heterocycles. The van der Waals surface area contributed by atoms with Gasteiger partial charge in [0.15, 0.2) is 0 Å². The molecular weight excluding hydrogens is 416 g/mol. The standard InChI is InChI=1S/C23H30N2O3S2/c1-2-21(19-12-11-17-7-3-4-8-18(17)15-19)24-23(26)20-9-5-13-25(16-20)30(27,28)22-10-6-14-29-22/h6,10-12,14-15,20-21H,2-5,7-9,13,16H2,1H3,(H,24,26)/t20-,21-/m0/s1. The molecule has 5 nitrogen and oxygen atoms in total. The lowest BCUT2D eigenvalue weighted by Gasteiger charge is -2.32. The molecule has 0 radical (unpaired) electrons. The number of rotatable bonds is 6. The highest BCUT2D eigenvalue weighted by atomic mass is 32.2. The summed E-state index contributed by atoms with van der Waals surface area (Å²) in [6.45, 7) is 2.82. The lowest BCUT2D eigenvalue weighted by Crippen LogP contribution is -2.45. The molecule has 1 N–H and O–H groups in total. The third-order valence-corrected chi connectivity index (χ3v) is 9.58. The van der Waals surface area contributed by atoms with Crippen LogP contribution in [0.4, 0.5) is 0 Å². The Labute approximate surface area is 183 Å². The van der Waals surface area contributed by atoms with Gasteiger partial charge in [0.05, 0.1) is 12.0 Å². The lowest BCUT2D eigenvalue weighted by molar-refractivity contribution is -0.126. The van der Waals surface area contributed by atoms with Gasteiger partial charge in [-0.3, -0.25) is 4.79 Å². The Balaban J connectivity index is 1.44. The van der Waals surface area contributed by atoms with Crippen LogP contribution in [0.2, 0.25) is 0 Å². The number of piperidine rings is 1. The fourth-order valence-electron chi connectivity index (χ4n) is 4.59. The van der Waals surface area contributed by atoms with E-state index in [0.29, 0.717) is 17.2 Å². The van der Waals surface area contributed by atoms with Crippen molar-refractivity contribution in [2.45, 2.75) is 62.1 Å². The van der Waals surface area contributed by atoms with Gasteiger partial charge in [-0.15, -0.1) is 11.3 Å². The van der Waals surface area contributed by atoms with Crippen LogP contribution in [0.25, 0.3) is 0 Å². The van der Waals surface area contributed by atoms with E-state index in [0.717, 1.165) is 31.2 Å². The summed E-state index contributed by atoms with van der Waals surface area (Å²) < 4.78 is 27.5. The van der Waals surface area contributed by atoms with Gasteiger partial charge in [-0.1, -0.05) is 31.2 Å². The highest BCUT2D eigenvalue weighted by molar-refractivity contribution is 7.91. The van der Waals surface area contributed by atoms with E-state index in [1.807, 2.05) is 0 Å². The lowest BCUT2D eigenvalue weighted by atomic mass is 9.88. The number of hydrogen-bond acceptors (Lipinski definition) is 4. The number of nitrogens with zero attached hydrogens (tertiary/aromatic N) is 1. The van der Waals surface area contributed by atoms with Crippen LogP contribution in [0.15, 0.2) is 39.9 Å². The number of hydrogen-bond donors (Lipinski definition) is 1. The average molecular weight is 447 g/mol. The number of aryl methyl sites for hydroxylation is 2. The molecule has 162 valence electrons. The SMILES string of the molecule is CC[C@H](NC(=O)[C@H]1CCCN(S(=O)(=O)c2cccs2)C1)c1ccc2c(c1)CCCC2. The van der Waals surface area contributed by atoms with Crippen molar-refractivity contribution in [3.8, 4) is 0 Å². The molecule has 2 heterocycles. The Hall–Kier alpha value is -1.70. The van der Waals surface area contributed by atoms with E-state index < -0.39 is 10.0 Å². The molecule has 1 fully saturated rings. The molecule has 1 aliphatic carbocycles. The first kappa shape index (κ1) is 21.5. The van der Waals surface area contributed by atoms with Crippen LogP contribution in [0.1, 0.15) is 61.8 Å². The molecule has 2 aromatic rings. The Morgan fingerprint density at radius 1 is 1.20 bits per heavy atom. The average Bonchev–Trinajstić information content (AvgIpc) is 3.33. The van der Waals surface area contributed by atoms with E-state index in [-0.39, 0.29) is 24.4 Å². The minimum absolute atomic E-state index is 0.0333. The maximum atomic E-state index is 13.1. The molecule has 1 amide bonds. The third kappa shape index (κ3) is 4.48. The Morgan fingerprint density at radius 2 is 2.00 bits per heavy atom. The van der Waals surface area contributed by atoms with E-state index in [2.05, 4.69) is 30.4 Å². The molecule has 1 saturated heterocycles. The summed E-state index contributed by atoms with van der Waals surface area (Å²) in [5, 5.41) is 4.98. The predicted molar refractivity (Wildman–Crippen MR) is 120 cm³/mol. The summed E-state index contributed by atoms with van der Waals surface area (Å²) >= 11 is 1.23. The van der Waals surface area contributed by atoms with Gasteiger partial charge in [0.2, 0.25) is 5.91 Å². The van der Waals surface area contributed by atoms with Crippen LogP contribution in [0.5, 0.6) is 0 Å². The van der Waals surface area contributed by atoms with Crippen molar-refractivity contribution >= 4 is 27.3 Å². The zero-order valence-electron chi connectivity index (χ0n) is 17.5. The zero-order valence-corrected chi connectivity index (χ0v) is 19.1. The number of carbonyl (C=O) groups is 1. The normalized spacial score (nSPS) is 21.0. The molecule has 1 aliphatic heterocycles.